The highest BCUT2D eigenvalue weighted by Gasteiger charge is 2.43. The van der Waals surface area contributed by atoms with Crippen molar-refractivity contribution in [1.29, 1.82) is 0 Å². The molecule has 0 radical (unpaired) electrons. The lowest BCUT2D eigenvalue weighted by atomic mass is 9.92. The molecule has 13 heteroatoms. The van der Waals surface area contributed by atoms with Crippen molar-refractivity contribution in [3.63, 3.8) is 0 Å². The number of alkyl halides is 6. The van der Waals surface area contributed by atoms with Crippen LogP contribution in [0.15, 0.2) is 42.6 Å². The number of rotatable bonds is 4. The van der Waals surface area contributed by atoms with E-state index >= 15 is 0 Å². The van der Waals surface area contributed by atoms with Gasteiger partial charge in [0.25, 0.3) is 0 Å². The molecule has 1 N–H and O–H groups in total. The largest absolute Gasteiger partial charge is 0.433 e. The van der Waals surface area contributed by atoms with E-state index in [4.69, 9.17) is 0 Å². The third kappa shape index (κ3) is 4.62. The van der Waals surface area contributed by atoms with Crippen molar-refractivity contribution in [2.45, 2.75) is 44.2 Å². The van der Waals surface area contributed by atoms with E-state index in [1.807, 2.05) is 9.80 Å². The zero-order chi connectivity index (χ0) is 26.7. The number of fused-ring (bicyclic) bond motifs is 3. The summed E-state index contributed by atoms with van der Waals surface area (Å²) in [6, 6.07) is 7.82. The summed E-state index contributed by atoms with van der Waals surface area (Å²) in [7, 11) is 0. The van der Waals surface area contributed by atoms with Gasteiger partial charge in [-0.1, -0.05) is 0 Å². The van der Waals surface area contributed by atoms with Gasteiger partial charge in [-0.2, -0.15) is 31.3 Å². The Kier molecular flexibility index (Phi) is 5.91. The molecule has 1 saturated heterocycles. The van der Waals surface area contributed by atoms with Crippen LogP contribution >= 0.6 is 0 Å². The molecule has 0 spiro atoms. The maximum atomic E-state index is 13.1. The summed E-state index contributed by atoms with van der Waals surface area (Å²) < 4.78 is 80.1. The summed E-state index contributed by atoms with van der Waals surface area (Å²) in [6.45, 7) is 2.48. The molecule has 0 amide bonds. The second kappa shape index (κ2) is 9.05. The van der Waals surface area contributed by atoms with Crippen LogP contribution in [-0.4, -0.2) is 45.4 Å². The summed E-state index contributed by atoms with van der Waals surface area (Å²) in [4.78, 5) is 12.0. The minimum atomic E-state index is -4.49. The first-order valence-electron chi connectivity index (χ1n) is 12.5. The number of halogens is 6. The van der Waals surface area contributed by atoms with E-state index in [0.29, 0.717) is 49.5 Å². The second-order valence-corrected chi connectivity index (χ2v) is 10.1. The molecule has 2 atom stereocenters. The summed E-state index contributed by atoms with van der Waals surface area (Å²) in [6.07, 6.45) is -5.03. The van der Waals surface area contributed by atoms with E-state index in [0.717, 1.165) is 37.5 Å². The molecule has 202 valence electrons. The van der Waals surface area contributed by atoms with Gasteiger partial charge >= 0.3 is 12.4 Å². The fraction of sp³-hybridized carbons (Fsp3) is 0.480. The minimum Gasteiger partial charge on any atom is -0.371 e. The summed E-state index contributed by atoms with van der Waals surface area (Å²) in [5, 5.41) is 8.09. The molecule has 1 saturated carbocycles. The van der Waals surface area contributed by atoms with Gasteiger partial charge in [-0.05, 0) is 67.5 Å². The number of anilines is 4. The smallest absolute Gasteiger partial charge is 0.371 e. The fourth-order valence-electron chi connectivity index (χ4n) is 5.89. The third-order valence-electron chi connectivity index (χ3n) is 7.68. The fourth-order valence-corrected chi connectivity index (χ4v) is 5.89. The molecule has 2 aromatic heterocycles. The first kappa shape index (κ1) is 24.8. The predicted molar refractivity (Wildman–Crippen MR) is 128 cm³/mol. The van der Waals surface area contributed by atoms with Crippen LogP contribution in [0.5, 0.6) is 0 Å². The molecule has 2 aliphatic heterocycles. The van der Waals surface area contributed by atoms with Crippen molar-refractivity contribution in [2.24, 2.45) is 11.8 Å². The number of aromatic nitrogens is 4. The molecular weight excluding hydrogens is 512 g/mol. The predicted octanol–water partition coefficient (Wildman–Crippen LogP) is 5.58. The number of hydrogen-bond donors (Lipinski definition) is 1. The number of aryl methyl sites for hydroxylation is 1. The Morgan fingerprint density at radius 2 is 1.55 bits per heavy atom. The molecular formula is C25H25F6N7. The zero-order valence-electron chi connectivity index (χ0n) is 20.2. The molecule has 1 aliphatic carbocycles. The van der Waals surface area contributed by atoms with Gasteiger partial charge in [0.15, 0.2) is 0 Å². The first-order valence-corrected chi connectivity index (χ1v) is 12.5. The molecule has 3 aliphatic rings. The van der Waals surface area contributed by atoms with Crippen molar-refractivity contribution in [1.82, 2.24) is 19.7 Å². The van der Waals surface area contributed by atoms with Crippen molar-refractivity contribution in [3.8, 4) is 0 Å². The average molecular weight is 538 g/mol. The Labute approximate surface area is 214 Å². The van der Waals surface area contributed by atoms with Crippen LogP contribution in [-0.2, 0) is 18.9 Å². The summed E-state index contributed by atoms with van der Waals surface area (Å²) >= 11 is 0. The second-order valence-electron chi connectivity index (χ2n) is 10.1. The van der Waals surface area contributed by atoms with Crippen molar-refractivity contribution >= 4 is 23.3 Å². The minimum absolute atomic E-state index is 0.0825. The summed E-state index contributed by atoms with van der Waals surface area (Å²) in [5.41, 5.74) is -0.467. The van der Waals surface area contributed by atoms with Crippen LogP contribution < -0.4 is 15.1 Å². The van der Waals surface area contributed by atoms with E-state index in [9.17, 15) is 26.3 Å². The van der Waals surface area contributed by atoms with Crippen molar-refractivity contribution in [3.05, 3.63) is 53.9 Å². The lowest BCUT2D eigenvalue weighted by Crippen LogP contribution is -2.48. The van der Waals surface area contributed by atoms with Gasteiger partial charge in [0.2, 0.25) is 11.9 Å². The average Bonchev–Trinajstić information content (AvgIpc) is 3.38. The van der Waals surface area contributed by atoms with E-state index in [1.54, 1.807) is 10.7 Å². The number of benzene rings is 1. The molecule has 38 heavy (non-hydrogen) atoms. The zero-order valence-corrected chi connectivity index (χ0v) is 20.2. The monoisotopic (exact) mass is 537 g/mol. The molecule has 2 bridgehead atoms. The lowest BCUT2D eigenvalue weighted by Gasteiger charge is -2.39. The normalized spacial score (nSPS) is 23.5. The van der Waals surface area contributed by atoms with Crippen LogP contribution in [0.25, 0.3) is 0 Å². The Morgan fingerprint density at radius 3 is 2.21 bits per heavy atom. The molecule has 2 fully saturated rings. The number of hydrogen-bond acceptors (Lipinski definition) is 6. The van der Waals surface area contributed by atoms with Crippen LogP contribution in [0.1, 0.15) is 30.5 Å². The lowest BCUT2D eigenvalue weighted by molar-refractivity contribution is -0.141. The van der Waals surface area contributed by atoms with Crippen LogP contribution in [0, 0.1) is 11.8 Å². The highest BCUT2D eigenvalue weighted by atomic mass is 19.4. The molecule has 4 heterocycles. The standard InChI is InChI=1S/C25H25F6N7/c26-24(27,28)17-4-6-18(7-5-17)37-10-1-11-38-23(37)34-22(35-38)33-21-15-2-3-16(21)14-36(13-15)19-8-9-32-20(12-19)25(29,30)31/h4-9,12,15-16,21H,1-3,10-11,13-14H2,(H,33,35)/t15-,16-/m1/s1. The number of nitrogens with zero attached hydrogens (tertiary/aromatic N) is 6. The molecule has 0 unspecified atom stereocenters. The third-order valence-corrected chi connectivity index (χ3v) is 7.68. The highest BCUT2D eigenvalue weighted by Crippen LogP contribution is 2.41. The number of piperidine rings is 1. The highest BCUT2D eigenvalue weighted by molar-refractivity contribution is 5.60. The Balaban J connectivity index is 1.17. The van der Waals surface area contributed by atoms with Crippen LogP contribution in [0.3, 0.4) is 0 Å². The van der Waals surface area contributed by atoms with Gasteiger partial charge < -0.3 is 15.1 Å². The van der Waals surface area contributed by atoms with E-state index in [-0.39, 0.29) is 17.9 Å². The van der Waals surface area contributed by atoms with Gasteiger partial charge in [-0.25, -0.2) is 4.68 Å². The Bertz CT molecular complexity index is 1290. The molecule has 1 aromatic carbocycles. The maximum Gasteiger partial charge on any atom is 0.433 e. The van der Waals surface area contributed by atoms with Crippen molar-refractivity contribution in [2.75, 3.05) is 34.8 Å². The van der Waals surface area contributed by atoms with Crippen molar-refractivity contribution < 1.29 is 26.3 Å². The van der Waals surface area contributed by atoms with Gasteiger partial charge in [0.1, 0.15) is 5.69 Å². The number of nitrogens with one attached hydrogen (secondary N) is 1. The first-order chi connectivity index (χ1) is 18.1. The Morgan fingerprint density at radius 1 is 0.842 bits per heavy atom. The Hall–Kier alpha value is -3.51. The molecule has 6 rings (SSSR count). The van der Waals surface area contributed by atoms with E-state index < -0.39 is 23.6 Å². The number of pyridine rings is 1. The van der Waals surface area contributed by atoms with Gasteiger partial charge in [0, 0.05) is 49.8 Å². The van der Waals surface area contributed by atoms with Crippen LogP contribution in [0.4, 0.5) is 49.6 Å². The van der Waals surface area contributed by atoms with E-state index in [1.165, 1.54) is 18.3 Å². The topological polar surface area (TPSA) is 62.1 Å². The molecule has 3 aromatic rings. The van der Waals surface area contributed by atoms with Gasteiger partial charge in [-0.15, -0.1) is 5.10 Å². The quantitative estimate of drug-likeness (QED) is 0.439. The maximum absolute atomic E-state index is 13.1. The molecule has 7 nitrogen and oxygen atoms in total. The van der Waals surface area contributed by atoms with Gasteiger partial charge in [-0.3, -0.25) is 4.98 Å². The SMILES string of the molecule is FC(F)(F)c1ccc(N2CCCn3nc(NC4[C@@H]5CC[C@@H]4CN(c4ccnc(C(F)(F)F)c4)C5)nc32)cc1. The summed E-state index contributed by atoms with van der Waals surface area (Å²) in [5.74, 6) is 1.45. The van der Waals surface area contributed by atoms with E-state index in [2.05, 4.69) is 20.4 Å². The van der Waals surface area contributed by atoms with Crippen LogP contribution in [0.2, 0.25) is 0 Å². The van der Waals surface area contributed by atoms with Gasteiger partial charge in [0.05, 0.1) is 5.56 Å².